The van der Waals surface area contributed by atoms with Crippen LogP contribution in [0.25, 0.3) is 0 Å². The van der Waals surface area contributed by atoms with Crippen molar-refractivity contribution < 1.29 is 13.2 Å². The summed E-state index contributed by atoms with van der Waals surface area (Å²) in [5, 5.41) is 0. The summed E-state index contributed by atoms with van der Waals surface area (Å²) < 4.78 is 30.6. The second-order valence-corrected chi connectivity index (χ2v) is 5.53. The molecule has 0 aliphatic heterocycles. The SMILES string of the molecule is CCS(=O)(=O)N[C@@H](C)c1ccccc1OC. The van der Waals surface area contributed by atoms with Gasteiger partial charge >= 0.3 is 0 Å². The van der Waals surface area contributed by atoms with Gasteiger partial charge < -0.3 is 4.74 Å². The summed E-state index contributed by atoms with van der Waals surface area (Å²) in [4.78, 5) is 0. The summed E-state index contributed by atoms with van der Waals surface area (Å²) in [5.74, 6) is 0.765. The quantitative estimate of drug-likeness (QED) is 0.856. The molecular weight excluding hydrogens is 226 g/mol. The maximum atomic E-state index is 11.4. The zero-order valence-corrected chi connectivity index (χ0v) is 10.5. The number of hydrogen-bond donors (Lipinski definition) is 1. The van der Waals surface area contributed by atoms with Gasteiger partial charge in [0, 0.05) is 11.6 Å². The molecule has 90 valence electrons. The average molecular weight is 243 g/mol. The Morgan fingerprint density at radius 2 is 2.00 bits per heavy atom. The first-order chi connectivity index (χ1) is 7.50. The molecule has 1 rings (SSSR count). The van der Waals surface area contributed by atoms with Crippen molar-refractivity contribution >= 4 is 10.0 Å². The smallest absolute Gasteiger partial charge is 0.211 e. The van der Waals surface area contributed by atoms with Gasteiger partial charge in [-0.1, -0.05) is 18.2 Å². The first-order valence-electron chi connectivity index (χ1n) is 5.13. The normalized spacial score (nSPS) is 13.4. The molecule has 0 amide bonds. The number of rotatable bonds is 5. The third kappa shape index (κ3) is 3.21. The molecule has 5 heteroatoms. The molecular formula is C11H17NO3S. The van der Waals surface area contributed by atoms with E-state index in [1.807, 2.05) is 24.3 Å². The van der Waals surface area contributed by atoms with E-state index in [2.05, 4.69) is 4.72 Å². The monoisotopic (exact) mass is 243 g/mol. The Morgan fingerprint density at radius 1 is 1.38 bits per heavy atom. The van der Waals surface area contributed by atoms with Crippen LogP contribution in [0.2, 0.25) is 0 Å². The van der Waals surface area contributed by atoms with Crippen LogP contribution in [0.4, 0.5) is 0 Å². The molecule has 0 radical (unpaired) electrons. The fourth-order valence-electron chi connectivity index (χ4n) is 1.44. The lowest BCUT2D eigenvalue weighted by Gasteiger charge is -2.16. The summed E-state index contributed by atoms with van der Waals surface area (Å²) >= 11 is 0. The summed E-state index contributed by atoms with van der Waals surface area (Å²) in [6, 6.07) is 7.08. The van der Waals surface area contributed by atoms with Crippen LogP contribution in [0.3, 0.4) is 0 Å². The Bertz CT molecular complexity index is 442. The minimum Gasteiger partial charge on any atom is -0.496 e. The molecule has 16 heavy (non-hydrogen) atoms. The lowest BCUT2D eigenvalue weighted by Crippen LogP contribution is -2.28. The van der Waals surface area contributed by atoms with E-state index in [1.165, 1.54) is 0 Å². The predicted octanol–water partition coefficient (Wildman–Crippen LogP) is 1.70. The molecule has 0 aromatic heterocycles. The van der Waals surface area contributed by atoms with Gasteiger partial charge in [-0.05, 0) is 19.9 Å². The summed E-state index contributed by atoms with van der Waals surface area (Å²) in [5.41, 5.74) is 0.835. The Morgan fingerprint density at radius 3 is 2.56 bits per heavy atom. The lowest BCUT2D eigenvalue weighted by molar-refractivity contribution is 0.405. The van der Waals surface area contributed by atoms with Gasteiger partial charge in [0.1, 0.15) is 5.75 Å². The van der Waals surface area contributed by atoms with Crippen molar-refractivity contribution in [2.75, 3.05) is 12.9 Å². The van der Waals surface area contributed by atoms with Gasteiger partial charge in [0.2, 0.25) is 10.0 Å². The van der Waals surface area contributed by atoms with E-state index >= 15 is 0 Å². The van der Waals surface area contributed by atoms with Gasteiger partial charge in [0.05, 0.1) is 12.9 Å². The van der Waals surface area contributed by atoms with Crippen LogP contribution in [0.5, 0.6) is 5.75 Å². The van der Waals surface area contributed by atoms with Gasteiger partial charge in [-0.25, -0.2) is 13.1 Å². The van der Waals surface area contributed by atoms with Crippen LogP contribution in [0.15, 0.2) is 24.3 Å². The molecule has 0 saturated carbocycles. The molecule has 0 bridgehead atoms. The largest absolute Gasteiger partial charge is 0.496 e. The zero-order valence-electron chi connectivity index (χ0n) is 9.73. The molecule has 1 atom stereocenters. The first-order valence-corrected chi connectivity index (χ1v) is 6.78. The third-order valence-electron chi connectivity index (χ3n) is 2.34. The molecule has 0 aliphatic carbocycles. The summed E-state index contributed by atoms with van der Waals surface area (Å²) in [6.45, 7) is 3.41. The van der Waals surface area contributed by atoms with Gasteiger partial charge in [-0.3, -0.25) is 0 Å². The van der Waals surface area contributed by atoms with Crippen LogP contribution in [0.1, 0.15) is 25.5 Å². The third-order valence-corrected chi connectivity index (χ3v) is 3.81. The summed E-state index contributed by atoms with van der Waals surface area (Å²) in [6.07, 6.45) is 0. The van der Waals surface area contributed by atoms with Gasteiger partial charge in [-0.15, -0.1) is 0 Å². The van der Waals surface area contributed by atoms with Gasteiger partial charge in [-0.2, -0.15) is 0 Å². The number of benzene rings is 1. The molecule has 1 aromatic rings. The molecule has 0 unspecified atom stereocenters. The Kier molecular flexibility index (Phi) is 4.32. The van der Waals surface area contributed by atoms with Gasteiger partial charge in [0.25, 0.3) is 0 Å². The predicted molar refractivity (Wildman–Crippen MR) is 64.0 cm³/mol. The Labute approximate surface area is 96.7 Å². The van der Waals surface area contributed by atoms with Crippen LogP contribution >= 0.6 is 0 Å². The highest BCUT2D eigenvalue weighted by Crippen LogP contribution is 2.24. The highest BCUT2D eigenvalue weighted by molar-refractivity contribution is 7.89. The fraction of sp³-hybridized carbons (Fsp3) is 0.455. The van der Waals surface area contributed by atoms with Crippen LogP contribution in [-0.4, -0.2) is 21.3 Å². The molecule has 1 aromatic carbocycles. The van der Waals surface area contributed by atoms with E-state index in [9.17, 15) is 8.42 Å². The number of hydrogen-bond acceptors (Lipinski definition) is 3. The van der Waals surface area contributed by atoms with Crippen LogP contribution in [0, 0.1) is 0 Å². The maximum absolute atomic E-state index is 11.4. The number of sulfonamides is 1. The minimum atomic E-state index is -3.20. The number of methoxy groups -OCH3 is 1. The van der Waals surface area contributed by atoms with Crippen LogP contribution in [-0.2, 0) is 10.0 Å². The van der Waals surface area contributed by atoms with Crippen molar-refractivity contribution in [2.45, 2.75) is 19.9 Å². The standard InChI is InChI=1S/C11H17NO3S/c1-4-16(13,14)12-9(2)10-7-5-6-8-11(10)15-3/h5-9,12H,4H2,1-3H3/t9-/m0/s1. The van der Waals surface area contributed by atoms with Crippen molar-refractivity contribution in [1.82, 2.24) is 4.72 Å². The lowest BCUT2D eigenvalue weighted by atomic mass is 10.1. The molecule has 4 nitrogen and oxygen atoms in total. The highest BCUT2D eigenvalue weighted by Gasteiger charge is 2.16. The first kappa shape index (κ1) is 13.0. The van der Waals surface area contributed by atoms with E-state index in [4.69, 9.17) is 4.74 Å². The number of para-hydroxylation sites is 1. The van der Waals surface area contributed by atoms with Crippen molar-refractivity contribution in [3.05, 3.63) is 29.8 Å². The molecule has 0 heterocycles. The molecule has 0 fully saturated rings. The fourth-order valence-corrected chi connectivity index (χ4v) is 2.27. The zero-order chi connectivity index (χ0) is 12.2. The van der Waals surface area contributed by atoms with E-state index in [0.717, 1.165) is 5.56 Å². The number of nitrogens with one attached hydrogen (secondary N) is 1. The molecule has 0 spiro atoms. The van der Waals surface area contributed by atoms with Gasteiger partial charge in [0.15, 0.2) is 0 Å². The van der Waals surface area contributed by atoms with E-state index in [1.54, 1.807) is 21.0 Å². The van der Waals surface area contributed by atoms with Crippen molar-refractivity contribution in [3.8, 4) is 5.75 Å². The van der Waals surface area contributed by atoms with E-state index in [0.29, 0.717) is 5.75 Å². The van der Waals surface area contributed by atoms with Crippen molar-refractivity contribution in [2.24, 2.45) is 0 Å². The number of ether oxygens (including phenoxy) is 1. The molecule has 0 aliphatic rings. The second-order valence-electron chi connectivity index (χ2n) is 3.48. The summed E-state index contributed by atoms with van der Waals surface area (Å²) in [7, 11) is -1.63. The van der Waals surface area contributed by atoms with Crippen molar-refractivity contribution in [3.63, 3.8) is 0 Å². The van der Waals surface area contributed by atoms with Crippen molar-refractivity contribution in [1.29, 1.82) is 0 Å². The van der Waals surface area contributed by atoms with Crippen LogP contribution < -0.4 is 9.46 Å². The average Bonchev–Trinajstić information content (AvgIpc) is 2.28. The minimum absolute atomic E-state index is 0.0759. The van der Waals surface area contributed by atoms with E-state index < -0.39 is 10.0 Å². The topological polar surface area (TPSA) is 55.4 Å². The highest BCUT2D eigenvalue weighted by atomic mass is 32.2. The molecule has 1 N–H and O–H groups in total. The Hall–Kier alpha value is -1.07. The van der Waals surface area contributed by atoms with E-state index in [-0.39, 0.29) is 11.8 Å². The maximum Gasteiger partial charge on any atom is 0.211 e. The second kappa shape index (κ2) is 5.32. The Balaban J connectivity index is 2.92. The molecule has 0 saturated heterocycles.